The molecular formula is C23H25N3O2. The highest BCUT2D eigenvalue weighted by Gasteiger charge is 2.08. The minimum Gasteiger partial charge on any atom is -0.325 e. The van der Waals surface area contributed by atoms with Crippen molar-refractivity contribution in [1.82, 2.24) is 9.55 Å². The van der Waals surface area contributed by atoms with Crippen LogP contribution in [0.2, 0.25) is 0 Å². The largest absolute Gasteiger partial charge is 0.325 e. The molecule has 0 radical (unpaired) electrons. The maximum absolute atomic E-state index is 12.4. The molecule has 28 heavy (non-hydrogen) atoms. The third-order valence-corrected chi connectivity index (χ3v) is 4.60. The normalized spacial score (nSPS) is 10.6. The Morgan fingerprint density at radius 3 is 2.43 bits per heavy atom. The van der Waals surface area contributed by atoms with Crippen LogP contribution in [0.5, 0.6) is 0 Å². The number of aryl methyl sites for hydroxylation is 2. The molecule has 0 aliphatic rings. The lowest BCUT2D eigenvalue weighted by molar-refractivity contribution is -0.116. The predicted octanol–water partition coefficient (Wildman–Crippen LogP) is 4.20. The topological polar surface area (TPSA) is 64.0 Å². The van der Waals surface area contributed by atoms with Crippen molar-refractivity contribution in [1.29, 1.82) is 0 Å². The summed E-state index contributed by atoms with van der Waals surface area (Å²) in [6, 6.07) is 17.1. The number of unbranched alkanes of at least 4 members (excludes halogenated alkanes) is 1. The minimum atomic E-state index is -0.256. The molecule has 1 heterocycles. The summed E-state index contributed by atoms with van der Waals surface area (Å²) in [6.07, 6.45) is 4.77. The third-order valence-electron chi connectivity index (χ3n) is 4.60. The Hall–Kier alpha value is -3.21. The van der Waals surface area contributed by atoms with Crippen molar-refractivity contribution >= 4 is 11.6 Å². The van der Waals surface area contributed by atoms with Gasteiger partial charge in [0.25, 0.3) is 5.56 Å². The first-order chi connectivity index (χ1) is 13.5. The molecule has 144 valence electrons. The highest BCUT2D eigenvalue weighted by atomic mass is 16.2. The molecule has 0 spiro atoms. The van der Waals surface area contributed by atoms with Crippen LogP contribution in [0, 0.1) is 6.92 Å². The van der Waals surface area contributed by atoms with E-state index < -0.39 is 0 Å². The first-order valence-corrected chi connectivity index (χ1v) is 9.57. The van der Waals surface area contributed by atoms with Crippen LogP contribution in [0.1, 0.15) is 30.9 Å². The number of nitrogens with zero attached hydrogens (tertiary/aromatic N) is 2. The summed E-state index contributed by atoms with van der Waals surface area (Å²) in [5.74, 6) is -0.256. The number of hydrogen-bond donors (Lipinski definition) is 1. The number of rotatable bonds is 7. The van der Waals surface area contributed by atoms with Gasteiger partial charge in [0.1, 0.15) is 6.54 Å². The standard InChI is InChI=1S/C23H25N3O2/c1-3-4-5-18-8-12-20(13-9-18)25-22(27)15-26-16-24-21(14-23(26)28)19-10-6-17(2)7-11-19/h6-14,16H,3-5,15H2,1-2H3,(H,25,27). The fraction of sp³-hybridized carbons (Fsp3) is 0.261. The monoisotopic (exact) mass is 375 g/mol. The van der Waals surface area contributed by atoms with E-state index in [9.17, 15) is 9.59 Å². The maximum Gasteiger partial charge on any atom is 0.254 e. The van der Waals surface area contributed by atoms with E-state index in [1.807, 2.05) is 55.5 Å². The second kappa shape index (κ2) is 9.13. The molecular weight excluding hydrogens is 350 g/mol. The Labute approximate surface area is 165 Å². The van der Waals surface area contributed by atoms with Gasteiger partial charge >= 0.3 is 0 Å². The average Bonchev–Trinajstić information content (AvgIpc) is 2.69. The Morgan fingerprint density at radius 1 is 1.07 bits per heavy atom. The molecule has 1 aromatic heterocycles. The van der Waals surface area contributed by atoms with E-state index in [0.717, 1.165) is 36.1 Å². The first kappa shape index (κ1) is 19.5. The smallest absolute Gasteiger partial charge is 0.254 e. The van der Waals surface area contributed by atoms with E-state index in [-0.39, 0.29) is 18.0 Å². The van der Waals surface area contributed by atoms with Gasteiger partial charge in [-0.05, 0) is 37.5 Å². The molecule has 0 aliphatic heterocycles. The summed E-state index contributed by atoms with van der Waals surface area (Å²) in [5.41, 5.74) is 4.35. The van der Waals surface area contributed by atoms with Crippen LogP contribution in [-0.2, 0) is 17.8 Å². The van der Waals surface area contributed by atoms with Crippen LogP contribution in [0.15, 0.2) is 65.7 Å². The Bertz CT molecular complexity index is 990. The number of carbonyl (C=O) groups is 1. The highest BCUT2D eigenvalue weighted by molar-refractivity contribution is 5.90. The van der Waals surface area contributed by atoms with E-state index >= 15 is 0 Å². The van der Waals surface area contributed by atoms with Gasteiger partial charge in [0.15, 0.2) is 0 Å². The first-order valence-electron chi connectivity index (χ1n) is 9.57. The average molecular weight is 375 g/mol. The molecule has 0 atom stereocenters. The predicted molar refractivity (Wildman–Crippen MR) is 112 cm³/mol. The van der Waals surface area contributed by atoms with Gasteiger partial charge in [-0.1, -0.05) is 55.3 Å². The number of aromatic nitrogens is 2. The lowest BCUT2D eigenvalue weighted by Crippen LogP contribution is -2.27. The van der Waals surface area contributed by atoms with Crippen LogP contribution in [0.4, 0.5) is 5.69 Å². The van der Waals surface area contributed by atoms with Crippen molar-refractivity contribution in [3.63, 3.8) is 0 Å². The van der Waals surface area contributed by atoms with Gasteiger partial charge in [0.2, 0.25) is 5.91 Å². The van der Waals surface area contributed by atoms with Gasteiger partial charge in [-0.25, -0.2) is 4.98 Å². The Kier molecular flexibility index (Phi) is 6.37. The molecule has 3 rings (SSSR count). The second-order valence-electron chi connectivity index (χ2n) is 6.95. The van der Waals surface area contributed by atoms with Crippen molar-refractivity contribution in [2.45, 2.75) is 39.7 Å². The van der Waals surface area contributed by atoms with Crippen molar-refractivity contribution in [2.24, 2.45) is 0 Å². The molecule has 1 amide bonds. The number of anilines is 1. The van der Waals surface area contributed by atoms with Crippen LogP contribution in [0.25, 0.3) is 11.3 Å². The number of amides is 1. The van der Waals surface area contributed by atoms with Gasteiger partial charge in [-0.3, -0.25) is 14.2 Å². The van der Waals surface area contributed by atoms with Crippen molar-refractivity contribution in [3.05, 3.63) is 82.4 Å². The van der Waals surface area contributed by atoms with E-state index in [2.05, 4.69) is 17.2 Å². The van der Waals surface area contributed by atoms with Crippen LogP contribution < -0.4 is 10.9 Å². The molecule has 0 unspecified atom stereocenters. The SMILES string of the molecule is CCCCc1ccc(NC(=O)Cn2cnc(-c3ccc(C)cc3)cc2=O)cc1. The quantitative estimate of drug-likeness (QED) is 0.673. The fourth-order valence-corrected chi connectivity index (χ4v) is 2.92. The van der Waals surface area contributed by atoms with Gasteiger partial charge in [-0.2, -0.15) is 0 Å². The number of carbonyl (C=O) groups excluding carboxylic acids is 1. The number of hydrogen-bond acceptors (Lipinski definition) is 3. The third kappa shape index (κ3) is 5.16. The van der Waals surface area contributed by atoms with Gasteiger partial charge in [0, 0.05) is 17.3 Å². The van der Waals surface area contributed by atoms with Crippen LogP contribution in [0.3, 0.4) is 0 Å². The number of nitrogens with one attached hydrogen (secondary N) is 1. The molecule has 0 aliphatic carbocycles. The molecule has 1 N–H and O–H groups in total. The molecule has 5 heteroatoms. The molecule has 3 aromatic rings. The Morgan fingerprint density at radius 2 is 1.79 bits per heavy atom. The molecule has 0 saturated carbocycles. The van der Waals surface area contributed by atoms with E-state index in [4.69, 9.17) is 0 Å². The molecule has 0 fully saturated rings. The summed E-state index contributed by atoms with van der Waals surface area (Å²) in [7, 11) is 0. The van der Waals surface area contributed by atoms with E-state index in [1.54, 1.807) is 0 Å². The zero-order valence-electron chi connectivity index (χ0n) is 16.3. The fourth-order valence-electron chi connectivity index (χ4n) is 2.92. The summed E-state index contributed by atoms with van der Waals surface area (Å²) in [5, 5.41) is 2.83. The lowest BCUT2D eigenvalue weighted by Gasteiger charge is -2.09. The summed E-state index contributed by atoms with van der Waals surface area (Å²) < 4.78 is 1.31. The van der Waals surface area contributed by atoms with E-state index in [1.165, 1.54) is 22.5 Å². The summed E-state index contributed by atoms with van der Waals surface area (Å²) in [4.78, 5) is 29.0. The van der Waals surface area contributed by atoms with Gasteiger partial charge in [0.05, 0.1) is 12.0 Å². The van der Waals surface area contributed by atoms with Gasteiger partial charge in [-0.15, -0.1) is 0 Å². The zero-order chi connectivity index (χ0) is 19.9. The van der Waals surface area contributed by atoms with Crippen LogP contribution in [-0.4, -0.2) is 15.5 Å². The lowest BCUT2D eigenvalue weighted by atomic mass is 10.1. The molecule has 2 aromatic carbocycles. The van der Waals surface area contributed by atoms with Crippen molar-refractivity contribution < 1.29 is 4.79 Å². The van der Waals surface area contributed by atoms with Crippen molar-refractivity contribution in [3.8, 4) is 11.3 Å². The zero-order valence-corrected chi connectivity index (χ0v) is 16.3. The number of benzene rings is 2. The molecule has 0 bridgehead atoms. The molecule has 0 saturated heterocycles. The minimum absolute atomic E-state index is 0.0718. The van der Waals surface area contributed by atoms with E-state index in [0.29, 0.717) is 5.69 Å². The summed E-state index contributed by atoms with van der Waals surface area (Å²) in [6.45, 7) is 4.10. The van der Waals surface area contributed by atoms with Crippen molar-refractivity contribution in [2.75, 3.05) is 5.32 Å². The van der Waals surface area contributed by atoms with Crippen LogP contribution >= 0.6 is 0 Å². The van der Waals surface area contributed by atoms with Gasteiger partial charge < -0.3 is 5.32 Å². The second-order valence-corrected chi connectivity index (χ2v) is 6.95. The molecule has 5 nitrogen and oxygen atoms in total. The summed E-state index contributed by atoms with van der Waals surface area (Å²) >= 11 is 0. The maximum atomic E-state index is 12.4. The highest BCUT2D eigenvalue weighted by Crippen LogP contribution is 2.15. The Balaban J connectivity index is 1.64.